The van der Waals surface area contributed by atoms with E-state index >= 15 is 0 Å². The predicted molar refractivity (Wildman–Crippen MR) is 121 cm³/mol. The van der Waals surface area contributed by atoms with Gasteiger partial charge in [-0.2, -0.15) is 0 Å². The van der Waals surface area contributed by atoms with Crippen LogP contribution in [0, 0.1) is 0 Å². The average Bonchev–Trinajstić information content (AvgIpc) is 3.07. The Bertz CT molecular complexity index is 1180. The van der Waals surface area contributed by atoms with Gasteiger partial charge in [-0.25, -0.2) is 4.79 Å². The van der Waals surface area contributed by atoms with Crippen molar-refractivity contribution >= 4 is 35.3 Å². The number of hydrogen-bond donors (Lipinski definition) is 3. The van der Waals surface area contributed by atoms with Gasteiger partial charge in [0.25, 0.3) is 11.8 Å². The molecular weight excluding hydrogens is 440 g/mol. The number of piperidine rings is 1. The van der Waals surface area contributed by atoms with Gasteiger partial charge in [0, 0.05) is 18.7 Å². The highest BCUT2D eigenvalue weighted by atomic mass is 16.5. The van der Waals surface area contributed by atoms with Gasteiger partial charge in [-0.3, -0.25) is 29.4 Å². The van der Waals surface area contributed by atoms with Crippen LogP contribution < -0.4 is 16.4 Å². The van der Waals surface area contributed by atoms with Gasteiger partial charge >= 0.3 is 5.97 Å². The van der Waals surface area contributed by atoms with Crippen LogP contribution in [-0.2, 0) is 14.3 Å². The van der Waals surface area contributed by atoms with Crippen molar-refractivity contribution in [3.05, 3.63) is 64.7 Å². The molecular formula is C24H24N4O6. The molecule has 2 aromatic rings. The second-order valence-corrected chi connectivity index (χ2v) is 7.98. The van der Waals surface area contributed by atoms with E-state index in [0.717, 1.165) is 10.5 Å². The molecule has 0 aliphatic carbocycles. The molecule has 2 aliphatic heterocycles. The molecule has 2 heterocycles. The van der Waals surface area contributed by atoms with Gasteiger partial charge < -0.3 is 15.8 Å². The number of carbonyl (C=O) groups is 5. The summed E-state index contributed by atoms with van der Waals surface area (Å²) in [6, 6.07) is 10.2. The zero-order chi connectivity index (χ0) is 24.4. The molecule has 4 amide bonds. The quantitative estimate of drug-likeness (QED) is 0.411. The number of amides is 4. The maximum Gasteiger partial charge on any atom is 0.338 e. The highest BCUT2D eigenvalue weighted by Gasteiger charge is 2.44. The number of nitrogens with two attached hydrogens (primary N) is 1. The third-order valence-corrected chi connectivity index (χ3v) is 5.84. The molecule has 10 heteroatoms. The third-order valence-electron chi connectivity index (χ3n) is 5.84. The Morgan fingerprint density at radius 3 is 2.47 bits per heavy atom. The predicted octanol–water partition coefficient (Wildman–Crippen LogP) is 1.38. The van der Waals surface area contributed by atoms with Crippen molar-refractivity contribution in [1.82, 2.24) is 10.2 Å². The molecule has 0 aromatic heterocycles. The van der Waals surface area contributed by atoms with Crippen molar-refractivity contribution in [2.75, 3.05) is 18.5 Å². The molecule has 10 nitrogen and oxygen atoms in total. The summed E-state index contributed by atoms with van der Waals surface area (Å²) in [6.45, 7) is 2.25. The standard InChI is InChI=1S/C24H24N4O6/c1-2-34-24(33)14-5-3-13(4-6-14)18(12-25)26-15-7-8-16-17(11-15)23(32)28(22(16)31)19-9-10-20(29)27-21(19)30/h3-8,11,18-19,26H,2,9-10,12,25H2,1H3,(H,27,29,30). The van der Waals surface area contributed by atoms with Crippen LogP contribution in [0.15, 0.2) is 42.5 Å². The third kappa shape index (κ3) is 4.27. The second kappa shape index (κ2) is 9.44. The molecule has 2 aliphatic rings. The lowest BCUT2D eigenvalue weighted by molar-refractivity contribution is -0.136. The first-order valence-corrected chi connectivity index (χ1v) is 10.9. The SMILES string of the molecule is CCOC(=O)c1ccc(C(CN)Nc2ccc3c(c2)C(=O)N(C2CCC(=O)NC2=O)C3=O)cc1. The minimum absolute atomic E-state index is 0.0593. The lowest BCUT2D eigenvalue weighted by Gasteiger charge is -2.27. The Hall–Kier alpha value is -4.05. The molecule has 0 bridgehead atoms. The zero-order valence-electron chi connectivity index (χ0n) is 18.5. The van der Waals surface area contributed by atoms with Crippen LogP contribution in [0.25, 0.3) is 0 Å². The summed E-state index contributed by atoms with van der Waals surface area (Å²) in [7, 11) is 0. The molecule has 0 saturated carbocycles. The molecule has 1 saturated heterocycles. The highest BCUT2D eigenvalue weighted by molar-refractivity contribution is 6.23. The van der Waals surface area contributed by atoms with Crippen LogP contribution in [0.2, 0.25) is 0 Å². The number of rotatable bonds is 7. The topological polar surface area (TPSA) is 148 Å². The van der Waals surface area contributed by atoms with Gasteiger partial charge in [0.15, 0.2) is 0 Å². The molecule has 176 valence electrons. The number of nitrogens with one attached hydrogen (secondary N) is 2. The minimum Gasteiger partial charge on any atom is -0.462 e. The van der Waals surface area contributed by atoms with E-state index in [1.165, 1.54) is 6.07 Å². The van der Waals surface area contributed by atoms with Crippen molar-refractivity contribution in [1.29, 1.82) is 0 Å². The van der Waals surface area contributed by atoms with E-state index in [9.17, 15) is 24.0 Å². The van der Waals surface area contributed by atoms with Gasteiger partial charge in [0.1, 0.15) is 6.04 Å². The molecule has 4 N–H and O–H groups in total. The summed E-state index contributed by atoms with van der Waals surface area (Å²) in [5.74, 6) is -2.63. The Labute approximate surface area is 195 Å². The van der Waals surface area contributed by atoms with E-state index in [4.69, 9.17) is 10.5 Å². The van der Waals surface area contributed by atoms with E-state index in [2.05, 4.69) is 10.6 Å². The smallest absolute Gasteiger partial charge is 0.338 e. The first-order chi connectivity index (χ1) is 16.3. The fraction of sp³-hybridized carbons (Fsp3) is 0.292. The van der Waals surface area contributed by atoms with Crippen molar-refractivity contribution in [3.8, 4) is 0 Å². The first kappa shape index (κ1) is 23.1. The molecule has 4 rings (SSSR count). The number of hydrogen-bond acceptors (Lipinski definition) is 8. The van der Waals surface area contributed by atoms with Gasteiger partial charge in [-0.1, -0.05) is 12.1 Å². The Kier molecular flexibility index (Phi) is 6.42. The summed E-state index contributed by atoms with van der Waals surface area (Å²) < 4.78 is 4.99. The number of ether oxygens (including phenoxy) is 1. The fourth-order valence-corrected chi connectivity index (χ4v) is 4.11. The zero-order valence-corrected chi connectivity index (χ0v) is 18.5. The Morgan fingerprint density at radius 1 is 1.12 bits per heavy atom. The number of anilines is 1. The van der Waals surface area contributed by atoms with Crippen LogP contribution in [0.3, 0.4) is 0 Å². The largest absolute Gasteiger partial charge is 0.462 e. The van der Waals surface area contributed by atoms with Crippen molar-refractivity contribution < 1.29 is 28.7 Å². The Balaban J connectivity index is 1.52. The van der Waals surface area contributed by atoms with E-state index < -0.39 is 35.6 Å². The molecule has 2 atom stereocenters. The Morgan fingerprint density at radius 2 is 1.82 bits per heavy atom. The minimum atomic E-state index is -1.02. The molecule has 1 fully saturated rings. The average molecular weight is 464 g/mol. The van der Waals surface area contributed by atoms with Crippen LogP contribution in [-0.4, -0.2) is 53.7 Å². The highest BCUT2D eigenvalue weighted by Crippen LogP contribution is 2.30. The maximum atomic E-state index is 13.0. The number of imide groups is 2. The van der Waals surface area contributed by atoms with Crippen LogP contribution in [0.5, 0.6) is 0 Å². The molecule has 2 aromatic carbocycles. The van der Waals surface area contributed by atoms with Gasteiger partial charge in [0.05, 0.1) is 29.3 Å². The van der Waals surface area contributed by atoms with Crippen LogP contribution >= 0.6 is 0 Å². The summed E-state index contributed by atoms with van der Waals surface area (Å²) in [4.78, 5) is 62.3. The van der Waals surface area contributed by atoms with Crippen LogP contribution in [0.4, 0.5) is 5.69 Å². The summed E-state index contributed by atoms with van der Waals surface area (Å²) in [5, 5.41) is 5.42. The van der Waals surface area contributed by atoms with Gasteiger partial charge in [-0.05, 0) is 49.2 Å². The van der Waals surface area contributed by atoms with Crippen molar-refractivity contribution in [2.45, 2.75) is 31.8 Å². The van der Waals surface area contributed by atoms with Gasteiger partial charge in [-0.15, -0.1) is 0 Å². The monoisotopic (exact) mass is 464 g/mol. The van der Waals surface area contributed by atoms with Crippen molar-refractivity contribution in [3.63, 3.8) is 0 Å². The molecule has 0 spiro atoms. The maximum absolute atomic E-state index is 13.0. The number of fused-ring (bicyclic) bond motifs is 1. The van der Waals surface area contributed by atoms with E-state index in [1.54, 1.807) is 43.3 Å². The van der Waals surface area contributed by atoms with Crippen LogP contribution in [0.1, 0.15) is 62.4 Å². The summed E-state index contributed by atoms with van der Waals surface area (Å²) >= 11 is 0. The summed E-state index contributed by atoms with van der Waals surface area (Å²) in [5.41, 5.74) is 8.14. The van der Waals surface area contributed by atoms with E-state index in [1.807, 2.05) is 0 Å². The number of benzene rings is 2. The van der Waals surface area contributed by atoms with Crippen molar-refractivity contribution in [2.24, 2.45) is 5.73 Å². The molecule has 2 unspecified atom stereocenters. The molecule has 34 heavy (non-hydrogen) atoms. The number of nitrogens with zero attached hydrogens (tertiary/aromatic N) is 1. The number of carbonyl (C=O) groups excluding carboxylic acids is 5. The fourth-order valence-electron chi connectivity index (χ4n) is 4.11. The normalized spacial score (nSPS) is 18.4. The van der Waals surface area contributed by atoms with E-state index in [0.29, 0.717) is 11.3 Å². The van der Waals surface area contributed by atoms with Gasteiger partial charge in [0.2, 0.25) is 11.8 Å². The first-order valence-electron chi connectivity index (χ1n) is 10.9. The second-order valence-electron chi connectivity index (χ2n) is 7.98. The lowest BCUT2D eigenvalue weighted by Crippen LogP contribution is -2.54. The van der Waals surface area contributed by atoms with E-state index in [-0.39, 0.29) is 43.2 Å². The number of esters is 1. The molecule has 0 radical (unpaired) electrons. The summed E-state index contributed by atoms with van der Waals surface area (Å²) in [6.07, 6.45) is 0.155. The lowest BCUT2D eigenvalue weighted by atomic mass is 10.0.